The molecule has 0 aliphatic carbocycles. The molecule has 176 valence electrons. The molecule has 2 aromatic heterocycles. The zero-order chi connectivity index (χ0) is 24.2. The van der Waals surface area contributed by atoms with E-state index in [4.69, 9.17) is 0 Å². The van der Waals surface area contributed by atoms with Crippen molar-refractivity contribution in [2.24, 2.45) is 0 Å². The minimum Gasteiger partial charge on any atom is -0.349 e. The molecule has 1 N–H and O–H groups in total. The number of carbonyl (C=O) groups is 1. The van der Waals surface area contributed by atoms with E-state index in [-0.39, 0.29) is 23.5 Å². The molecule has 0 aliphatic rings. The van der Waals surface area contributed by atoms with E-state index in [1.54, 1.807) is 6.08 Å². The first kappa shape index (κ1) is 24.8. The molecule has 0 bridgehead atoms. The molecule has 12 heteroatoms. The summed E-state index contributed by atoms with van der Waals surface area (Å²) in [6.07, 6.45) is -2.88. The van der Waals surface area contributed by atoms with Gasteiger partial charge in [-0.1, -0.05) is 29.2 Å². The summed E-state index contributed by atoms with van der Waals surface area (Å²) in [7, 11) is 0. The first-order valence-corrected chi connectivity index (χ1v) is 11.8. The summed E-state index contributed by atoms with van der Waals surface area (Å²) >= 11 is 2.32. The quantitative estimate of drug-likeness (QED) is 0.264. The Morgan fingerprint density at radius 1 is 1.24 bits per heavy atom. The maximum Gasteiger partial charge on any atom is 0.416 e. The number of fused-ring (bicyclic) bond motifs is 1. The third-order valence-electron chi connectivity index (χ3n) is 4.64. The second-order valence-electron chi connectivity index (χ2n) is 6.83. The Kier molecular flexibility index (Phi) is 7.80. The van der Waals surface area contributed by atoms with Crippen molar-refractivity contribution in [3.8, 4) is 0 Å². The monoisotopic (exact) mass is 497 g/mol. The van der Waals surface area contributed by atoms with Crippen molar-refractivity contribution < 1.29 is 18.0 Å². The lowest BCUT2D eigenvalue weighted by atomic mass is 10.2. The number of carbonyl (C=O) groups excluding carboxylic acids is 1. The van der Waals surface area contributed by atoms with E-state index >= 15 is 0 Å². The van der Waals surface area contributed by atoms with Crippen LogP contribution in [0.3, 0.4) is 0 Å². The highest BCUT2D eigenvalue weighted by atomic mass is 32.2. The minimum absolute atomic E-state index is 0.0941. The number of allylic oxidation sites excluding steroid dienone is 1. The third kappa shape index (κ3) is 5.74. The lowest BCUT2D eigenvalue weighted by molar-refractivity contribution is -0.137. The number of thiazole rings is 1. The molecule has 7 nitrogen and oxygen atoms in total. The van der Waals surface area contributed by atoms with Crippen LogP contribution in [0.25, 0.3) is 10.3 Å². The van der Waals surface area contributed by atoms with Gasteiger partial charge in [0.25, 0.3) is 5.56 Å². The summed E-state index contributed by atoms with van der Waals surface area (Å²) < 4.78 is 39.9. The van der Waals surface area contributed by atoms with E-state index in [0.29, 0.717) is 20.6 Å². The lowest BCUT2D eigenvalue weighted by Gasteiger charge is -2.15. The number of alkyl halides is 3. The summed E-state index contributed by atoms with van der Waals surface area (Å²) in [4.78, 5) is 36.4. The van der Waals surface area contributed by atoms with Gasteiger partial charge in [0.15, 0.2) is 15.9 Å². The van der Waals surface area contributed by atoms with Crippen molar-refractivity contribution in [2.45, 2.75) is 31.7 Å². The minimum atomic E-state index is -4.45. The van der Waals surface area contributed by atoms with E-state index in [1.165, 1.54) is 28.0 Å². The van der Waals surface area contributed by atoms with Crippen LogP contribution in [0.4, 0.5) is 24.0 Å². The number of halogens is 3. The number of aromatic nitrogens is 3. The molecular formula is C21H22F3N5O2S2. The molecule has 0 aliphatic heterocycles. The molecule has 1 aromatic carbocycles. The van der Waals surface area contributed by atoms with Crippen molar-refractivity contribution in [1.82, 2.24) is 14.5 Å². The standard InChI is InChI=1S/C21H22F3N5O2S2/c1-4-11-29-18(31)16-17(26-19(33-16)28(5-2)6-3)27-20(29)32-12-15(30)25-14-9-7-13(8-10-14)21(22,23)24/h4,7-10H,1,5-6,11-12H2,2-3H3,(H,25,30). The molecular weight excluding hydrogens is 475 g/mol. The number of anilines is 2. The molecule has 0 saturated carbocycles. The largest absolute Gasteiger partial charge is 0.416 e. The van der Waals surface area contributed by atoms with Crippen molar-refractivity contribution in [1.29, 1.82) is 0 Å². The second kappa shape index (κ2) is 10.4. The van der Waals surface area contributed by atoms with Crippen LogP contribution in [0.5, 0.6) is 0 Å². The van der Waals surface area contributed by atoms with E-state index in [1.807, 2.05) is 18.7 Å². The normalized spacial score (nSPS) is 11.5. The van der Waals surface area contributed by atoms with Crippen LogP contribution in [0.2, 0.25) is 0 Å². The second-order valence-corrected chi connectivity index (χ2v) is 8.75. The molecule has 0 radical (unpaired) electrons. The average Bonchev–Trinajstić information content (AvgIpc) is 3.19. The maximum atomic E-state index is 13.0. The predicted octanol–water partition coefficient (Wildman–Crippen LogP) is 4.63. The molecule has 0 saturated heterocycles. The summed E-state index contributed by atoms with van der Waals surface area (Å²) in [5.41, 5.74) is -0.503. The summed E-state index contributed by atoms with van der Waals surface area (Å²) in [6.45, 7) is 9.36. The Labute approximate surface area is 196 Å². The van der Waals surface area contributed by atoms with Crippen LogP contribution >= 0.6 is 23.1 Å². The number of nitrogens with zero attached hydrogens (tertiary/aromatic N) is 4. The Bertz CT molecular complexity index is 1200. The molecule has 2 heterocycles. The van der Waals surface area contributed by atoms with Crippen LogP contribution in [-0.2, 0) is 17.5 Å². The van der Waals surface area contributed by atoms with Crippen LogP contribution in [0.1, 0.15) is 19.4 Å². The van der Waals surface area contributed by atoms with Crippen LogP contribution < -0.4 is 15.8 Å². The van der Waals surface area contributed by atoms with Gasteiger partial charge in [-0.3, -0.25) is 14.2 Å². The fourth-order valence-corrected chi connectivity index (χ4v) is 4.85. The van der Waals surface area contributed by atoms with E-state index < -0.39 is 17.6 Å². The van der Waals surface area contributed by atoms with Gasteiger partial charge in [0.05, 0.1) is 11.3 Å². The fourth-order valence-electron chi connectivity index (χ4n) is 2.98. The van der Waals surface area contributed by atoms with Crippen molar-refractivity contribution in [3.63, 3.8) is 0 Å². The molecule has 0 unspecified atom stereocenters. The topological polar surface area (TPSA) is 80.1 Å². The number of hydrogen-bond donors (Lipinski definition) is 1. The number of hydrogen-bond acceptors (Lipinski definition) is 7. The SMILES string of the molecule is C=CCn1c(SCC(=O)Nc2ccc(C(F)(F)F)cc2)nc2nc(N(CC)CC)sc2c1=O. The van der Waals surface area contributed by atoms with Crippen molar-refractivity contribution in [3.05, 3.63) is 52.8 Å². The van der Waals surface area contributed by atoms with Gasteiger partial charge >= 0.3 is 6.18 Å². The number of rotatable bonds is 9. The van der Waals surface area contributed by atoms with Crippen molar-refractivity contribution >= 4 is 50.2 Å². The van der Waals surface area contributed by atoms with E-state index in [9.17, 15) is 22.8 Å². The summed E-state index contributed by atoms with van der Waals surface area (Å²) in [5.74, 6) is -0.537. The molecule has 0 spiro atoms. The molecule has 3 rings (SSSR count). The van der Waals surface area contributed by atoms with Crippen LogP contribution in [0.15, 0.2) is 46.9 Å². The van der Waals surface area contributed by atoms with Gasteiger partial charge in [-0.05, 0) is 38.1 Å². The summed E-state index contributed by atoms with van der Waals surface area (Å²) in [6, 6.07) is 4.17. The van der Waals surface area contributed by atoms with Gasteiger partial charge in [0.1, 0.15) is 4.70 Å². The van der Waals surface area contributed by atoms with Gasteiger partial charge in [-0.2, -0.15) is 18.2 Å². The zero-order valence-corrected chi connectivity index (χ0v) is 19.6. The highest BCUT2D eigenvalue weighted by Crippen LogP contribution is 2.30. The number of nitrogens with one attached hydrogen (secondary N) is 1. The predicted molar refractivity (Wildman–Crippen MR) is 126 cm³/mol. The Morgan fingerprint density at radius 2 is 1.91 bits per heavy atom. The first-order valence-electron chi connectivity index (χ1n) is 10.0. The molecule has 33 heavy (non-hydrogen) atoms. The van der Waals surface area contributed by atoms with Crippen LogP contribution in [-0.4, -0.2) is 39.3 Å². The molecule has 3 aromatic rings. The third-order valence-corrected chi connectivity index (χ3v) is 6.71. The molecule has 1 amide bonds. The fraction of sp³-hybridized carbons (Fsp3) is 0.333. The van der Waals surface area contributed by atoms with Gasteiger partial charge < -0.3 is 10.2 Å². The Morgan fingerprint density at radius 3 is 2.48 bits per heavy atom. The average molecular weight is 498 g/mol. The zero-order valence-electron chi connectivity index (χ0n) is 18.0. The van der Waals surface area contributed by atoms with E-state index in [0.717, 1.165) is 37.0 Å². The van der Waals surface area contributed by atoms with E-state index in [2.05, 4.69) is 21.9 Å². The highest BCUT2D eigenvalue weighted by molar-refractivity contribution is 7.99. The van der Waals surface area contributed by atoms with Gasteiger partial charge in [0, 0.05) is 25.3 Å². The highest BCUT2D eigenvalue weighted by Gasteiger charge is 2.30. The van der Waals surface area contributed by atoms with Crippen LogP contribution in [0, 0.1) is 0 Å². The van der Waals surface area contributed by atoms with Crippen molar-refractivity contribution in [2.75, 3.05) is 29.1 Å². The van der Waals surface area contributed by atoms with Gasteiger partial charge in [-0.15, -0.1) is 6.58 Å². The number of benzene rings is 1. The summed E-state index contributed by atoms with van der Waals surface area (Å²) in [5, 5.41) is 3.56. The smallest absolute Gasteiger partial charge is 0.349 e. The number of thioether (sulfide) groups is 1. The number of amides is 1. The van der Waals surface area contributed by atoms with Gasteiger partial charge in [-0.25, -0.2) is 4.98 Å². The van der Waals surface area contributed by atoms with Gasteiger partial charge in [0.2, 0.25) is 5.91 Å². The lowest BCUT2D eigenvalue weighted by Crippen LogP contribution is -2.23. The molecule has 0 atom stereocenters. The Hall–Kier alpha value is -2.86. The maximum absolute atomic E-state index is 13.0. The molecule has 0 fully saturated rings. The Balaban J connectivity index is 1.79. The first-order chi connectivity index (χ1) is 15.7.